The average molecular weight is 247 g/mol. The van der Waals surface area contributed by atoms with Gasteiger partial charge < -0.3 is 5.32 Å². The van der Waals surface area contributed by atoms with Gasteiger partial charge in [0.05, 0.1) is 12.0 Å². The van der Waals surface area contributed by atoms with Gasteiger partial charge in [0.1, 0.15) is 0 Å². The number of nitrogens with one attached hydrogen (secondary N) is 1. The van der Waals surface area contributed by atoms with E-state index in [0.29, 0.717) is 12.0 Å². The molecule has 0 radical (unpaired) electrons. The molecule has 19 heavy (non-hydrogen) atoms. The van der Waals surface area contributed by atoms with Crippen LogP contribution in [0.3, 0.4) is 0 Å². The summed E-state index contributed by atoms with van der Waals surface area (Å²) >= 11 is 0. The Morgan fingerprint density at radius 3 is 1.68 bits per heavy atom. The van der Waals surface area contributed by atoms with Gasteiger partial charge in [0.15, 0.2) is 0 Å². The van der Waals surface area contributed by atoms with Crippen LogP contribution in [0.5, 0.6) is 0 Å². The first-order valence-corrected chi connectivity index (χ1v) is 6.84. The Balaban J connectivity index is 1.86. The van der Waals surface area contributed by atoms with Crippen molar-refractivity contribution in [3.05, 3.63) is 70.8 Å². The first kappa shape index (κ1) is 9.79. The van der Waals surface area contributed by atoms with E-state index in [1.165, 1.54) is 22.3 Å². The molecule has 0 aromatic heterocycles. The van der Waals surface area contributed by atoms with Crippen LogP contribution >= 0.6 is 0 Å². The van der Waals surface area contributed by atoms with E-state index >= 15 is 0 Å². The van der Waals surface area contributed by atoms with Gasteiger partial charge in [-0.2, -0.15) is 0 Å². The van der Waals surface area contributed by atoms with E-state index in [-0.39, 0.29) is 17.7 Å². The molecule has 2 atom stereocenters. The van der Waals surface area contributed by atoms with E-state index in [2.05, 4.69) is 53.8 Å². The van der Waals surface area contributed by atoms with Gasteiger partial charge in [0.25, 0.3) is 0 Å². The summed E-state index contributed by atoms with van der Waals surface area (Å²) in [6, 6.07) is 17.6. The van der Waals surface area contributed by atoms with Crippen LogP contribution in [-0.2, 0) is 4.79 Å². The summed E-state index contributed by atoms with van der Waals surface area (Å²) in [6.07, 6.45) is 0. The number of β-lactam (4-membered cyclic amide) rings is 1. The average Bonchev–Trinajstić information content (AvgIpc) is 2.46. The van der Waals surface area contributed by atoms with Crippen LogP contribution in [0.2, 0.25) is 0 Å². The molecule has 1 fully saturated rings. The summed E-state index contributed by atoms with van der Waals surface area (Å²) in [5, 5.41) is 3.12. The number of carbonyl (C=O) groups excluding carboxylic acids is 1. The normalized spacial score (nSPS) is 32.7. The Labute approximate surface area is 111 Å². The van der Waals surface area contributed by atoms with E-state index in [0.717, 1.165) is 0 Å². The molecule has 1 aliphatic heterocycles. The van der Waals surface area contributed by atoms with Gasteiger partial charge in [-0.3, -0.25) is 4.79 Å². The number of amides is 1. The van der Waals surface area contributed by atoms with Crippen molar-refractivity contribution in [2.45, 2.75) is 17.9 Å². The summed E-state index contributed by atoms with van der Waals surface area (Å²) < 4.78 is 0. The summed E-state index contributed by atoms with van der Waals surface area (Å²) in [6.45, 7) is 0. The predicted octanol–water partition coefficient (Wildman–Crippen LogP) is 2.39. The van der Waals surface area contributed by atoms with Crippen LogP contribution in [0.15, 0.2) is 48.5 Å². The zero-order valence-electron chi connectivity index (χ0n) is 10.3. The number of carbonyl (C=O) groups is 1. The second-order valence-corrected chi connectivity index (χ2v) is 5.77. The number of benzene rings is 2. The zero-order valence-corrected chi connectivity index (χ0v) is 10.3. The fourth-order valence-corrected chi connectivity index (χ4v) is 4.33. The largest absolute Gasteiger partial charge is 0.351 e. The third-order valence-electron chi connectivity index (χ3n) is 5.05. The van der Waals surface area contributed by atoms with Crippen LogP contribution in [0.4, 0.5) is 0 Å². The van der Waals surface area contributed by atoms with Crippen molar-refractivity contribution < 1.29 is 4.79 Å². The minimum Gasteiger partial charge on any atom is -0.351 e. The highest BCUT2D eigenvalue weighted by atomic mass is 16.2. The van der Waals surface area contributed by atoms with Crippen LogP contribution in [0.1, 0.15) is 34.1 Å². The van der Waals surface area contributed by atoms with Crippen molar-refractivity contribution in [2.24, 2.45) is 5.92 Å². The van der Waals surface area contributed by atoms with Crippen molar-refractivity contribution in [3.8, 4) is 0 Å². The highest BCUT2D eigenvalue weighted by molar-refractivity contribution is 5.90. The molecule has 1 saturated heterocycles. The molecular formula is C17H13NO. The fraction of sp³-hybridized carbons (Fsp3) is 0.235. The molecule has 4 aliphatic rings. The third-order valence-corrected chi connectivity index (χ3v) is 5.05. The number of hydrogen-bond acceptors (Lipinski definition) is 1. The maximum absolute atomic E-state index is 12.0. The van der Waals surface area contributed by atoms with Crippen LogP contribution < -0.4 is 5.32 Å². The van der Waals surface area contributed by atoms with Gasteiger partial charge in [0, 0.05) is 11.8 Å². The number of hydrogen-bond donors (Lipinski definition) is 1. The van der Waals surface area contributed by atoms with E-state index in [1.807, 2.05) is 0 Å². The van der Waals surface area contributed by atoms with Crippen molar-refractivity contribution >= 4 is 5.91 Å². The summed E-state index contributed by atoms with van der Waals surface area (Å²) in [7, 11) is 0. The zero-order chi connectivity index (χ0) is 12.6. The topological polar surface area (TPSA) is 29.1 Å². The van der Waals surface area contributed by atoms with E-state index in [1.54, 1.807) is 0 Å². The minimum atomic E-state index is 0.148. The first-order valence-electron chi connectivity index (χ1n) is 6.84. The standard InChI is InChI=1S/C17H13NO/c19-17-15-13-9-5-1-3-7-11(9)14(16(15)18-17)12-8-4-2-6-10(12)13/h1-8,13-16H,(H,18,19)/t13?,14?,15-,16+/m1/s1. The van der Waals surface area contributed by atoms with Crippen molar-refractivity contribution in [3.63, 3.8) is 0 Å². The Morgan fingerprint density at radius 2 is 1.21 bits per heavy atom. The number of rotatable bonds is 0. The third kappa shape index (κ3) is 0.985. The Hall–Kier alpha value is -2.09. The lowest BCUT2D eigenvalue weighted by atomic mass is 9.54. The molecular weight excluding hydrogens is 234 g/mol. The second-order valence-electron chi connectivity index (χ2n) is 5.77. The lowest BCUT2D eigenvalue weighted by Gasteiger charge is -2.55. The van der Waals surface area contributed by atoms with Gasteiger partial charge in [-0.1, -0.05) is 48.5 Å². The van der Waals surface area contributed by atoms with Crippen molar-refractivity contribution in [1.82, 2.24) is 5.32 Å². The monoisotopic (exact) mass is 247 g/mol. The molecule has 0 saturated carbocycles. The maximum Gasteiger partial charge on any atom is 0.226 e. The van der Waals surface area contributed by atoms with E-state index in [9.17, 15) is 4.79 Å². The lowest BCUT2D eigenvalue weighted by Crippen LogP contribution is -2.66. The maximum atomic E-state index is 12.0. The minimum absolute atomic E-state index is 0.148. The van der Waals surface area contributed by atoms with Crippen molar-refractivity contribution in [1.29, 1.82) is 0 Å². The molecule has 2 aromatic rings. The molecule has 2 bridgehead atoms. The molecule has 2 nitrogen and oxygen atoms in total. The summed E-state index contributed by atoms with van der Waals surface area (Å²) in [4.78, 5) is 12.0. The molecule has 1 N–H and O–H groups in total. The second kappa shape index (κ2) is 3.08. The fourth-order valence-electron chi connectivity index (χ4n) is 4.33. The summed E-state index contributed by atoms with van der Waals surface area (Å²) in [5.74, 6) is 0.982. The van der Waals surface area contributed by atoms with Crippen molar-refractivity contribution in [2.75, 3.05) is 0 Å². The smallest absolute Gasteiger partial charge is 0.226 e. The molecule has 2 heteroatoms. The van der Waals surface area contributed by atoms with Crippen LogP contribution in [-0.4, -0.2) is 11.9 Å². The highest BCUT2D eigenvalue weighted by Crippen LogP contribution is 2.57. The van der Waals surface area contributed by atoms with Gasteiger partial charge in [0.2, 0.25) is 5.91 Å². The van der Waals surface area contributed by atoms with E-state index in [4.69, 9.17) is 0 Å². The predicted molar refractivity (Wildman–Crippen MR) is 72.0 cm³/mol. The van der Waals surface area contributed by atoms with Crippen LogP contribution in [0.25, 0.3) is 0 Å². The molecule has 3 aliphatic carbocycles. The Kier molecular flexibility index (Phi) is 1.58. The van der Waals surface area contributed by atoms with E-state index < -0.39 is 0 Å². The Morgan fingerprint density at radius 1 is 0.737 bits per heavy atom. The highest BCUT2D eigenvalue weighted by Gasteiger charge is 2.58. The van der Waals surface area contributed by atoms with Gasteiger partial charge in [-0.15, -0.1) is 0 Å². The molecule has 92 valence electrons. The Bertz CT molecular complexity index is 673. The lowest BCUT2D eigenvalue weighted by molar-refractivity contribution is -0.137. The molecule has 1 heterocycles. The molecule has 0 unspecified atom stereocenters. The van der Waals surface area contributed by atoms with Gasteiger partial charge in [-0.05, 0) is 22.3 Å². The molecule has 0 spiro atoms. The van der Waals surface area contributed by atoms with Gasteiger partial charge in [-0.25, -0.2) is 0 Å². The van der Waals surface area contributed by atoms with Crippen LogP contribution in [0, 0.1) is 5.92 Å². The molecule has 6 rings (SSSR count). The quantitative estimate of drug-likeness (QED) is 0.712. The first-order chi connectivity index (χ1) is 9.36. The summed E-state index contributed by atoms with van der Waals surface area (Å²) in [5.41, 5.74) is 5.55. The van der Waals surface area contributed by atoms with Gasteiger partial charge >= 0.3 is 0 Å². The SMILES string of the molecule is O=C1N[C@H]2C3c4ccccc4C(c4ccccc43)[C@@H]12. The molecule has 2 aromatic carbocycles. The molecule has 1 amide bonds.